The van der Waals surface area contributed by atoms with Gasteiger partial charge in [-0.15, -0.1) is 0 Å². The molecule has 0 bridgehead atoms. The lowest BCUT2D eigenvalue weighted by Crippen LogP contribution is -1.97. The van der Waals surface area contributed by atoms with Gasteiger partial charge in [-0.05, 0) is 30.2 Å². The average Bonchev–Trinajstić information content (AvgIpc) is 3.23. The Labute approximate surface area is 157 Å². The molecule has 2 aromatic heterocycles. The Morgan fingerprint density at radius 2 is 1.93 bits per heavy atom. The molecular weight excluding hydrogens is 336 g/mol. The molecule has 132 valence electrons. The van der Waals surface area contributed by atoms with E-state index in [4.69, 9.17) is 9.84 Å². The SMILES string of the molecule is Cc1ccc2c(Cc3ccc4c(c3)C(=O)OC4)c(-c3ccccc3)nn2c1. The Kier molecular flexibility index (Phi) is 3.57. The molecule has 1 aliphatic heterocycles. The van der Waals surface area contributed by atoms with E-state index in [-0.39, 0.29) is 5.97 Å². The van der Waals surface area contributed by atoms with E-state index in [9.17, 15) is 4.79 Å². The van der Waals surface area contributed by atoms with Gasteiger partial charge in [-0.1, -0.05) is 48.5 Å². The first-order valence-electron chi connectivity index (χ1n) is 9.01. The zero-order chi connectivity index (χ0) is 18.4. The number of esters is 1. The number of benzene rings is 2. The van der Waals surface area contributed by atoms with Crippen LogP contribution in [0, 0.1) is 6.92 Å². The number of pyridine rings is 1. The first-order valence-corrected chi connectivity index (χ1v) is 9.01. The van der Waals surface area contributed by atoms with Gasteiger partial charge in [0, 0.05) is 29.3 Å². The molecule has 0 radical (unpaired) electrons. The van der Waals surface area contributed by atoms with Gasteiger partial charge in [0.05, 0.1) is 16.8 Å². The predicted molar refractivity (Wildman–Crippen MR) is 104 cm³/mol. The average molecular weight is 354 g/mol. The van der Waals surface area contributed by atoms with Crippen molar-refractivity contribution in [2.24, 2.45) is 0 Å². The monoisotopic (exact) mass is 354 g/mol. The van der Waals surface area contributed by atoms with Gasteiger partial charge < -0.3 is 4.74 Å². The van der Waals surface area contributed by atoms with Crippen LogP contribution in [0.5, 0.6) is 0 Å². The van der Waals surface area contributed by atoms with Gasteiger partial charge in [0.1, 0.15) is 6.61 Å². The third kappa shape index (κ3) is 2.70. The van der Waals surface area contributed by atoms with Crippen molar-refractivity contribution in [3.8, 4) is 11.3 Å². The largest absolute Gasteiger partial charge is 0.457 e. The van der Waals surface area contributed by atoms with Crippen molar-refractivity contribution < 1.29 is 9.53 Å². The molecule has 0 aliphatic carbocycles. The molecule has 0 saturated heterocycles. The quantitative estimate of drug-likeness (QED) is 0.506. The van der Waals surface area contributed by atoms with Gasteiger partial charge in [0.25, 0.3) is 0 Å². The molecule has 0 saturated carbocycles. The number of hydrogen-bond acceptors (Lipinski definition) is 3. The lowest BCUT2D eigenvalue weighted by Gasteiger charge is -2.06. The highest BCUT2D eigenvalue weighted by Crippen LogP contribution is 2.30. The third-order valence-corrected chi connectivity index (χ3v) is 5.06. The minimum absolute atomic E-state index is 0.231. The highest BCUT2D eigenvalue weighted by atomic mass is 16.5. The van der Waals surface area contributed by atoms with E-state index < -0.39 is 0 Å². The number of cyclic esters (lactones) is 1. The Morgan fingerprint density at radius 3 is 2.78 bits per heavy atom. The summed E-state index contributed by atoms with van der Waals surface area (Å²) in [7, 11) is 0. The van der Waals surface area contributed by atoms with Gasteiger partial charge in [-0.25, -0.2) is 9.31 Å². The maximum absolute atomic E-state index is 11.9. The fourth-order valence-electron chi connectivity index (χ4n) is 3.68. The van der Waals surface area contributed by atoms with Crippen molar-refractivity contribution in [1.82, 2.24) is 9.61 Å². The van der Waals surface area contributed by atoms with E-state index in [1.165, 1.54) is 0 Å². The number of nitrogens with zero attached hydrogens (tertiary/aromatic N) is 2. The highest BCUT2D eigenvalue weighted by molar-refractivity contribution is 5.93. The van der Waals surface area contributed by atoms with E-state index in [1.54, 1.807) is 0 Å². The summed E-state index contributed by atoms with van der Waals surface area (Å²) in [5, 5.41) is 4.85. The number of fused-ring (bicyclic) bond motifs is 2. The van der Waals surface area contributed by atoms with E-state index in [0.717, 1.165) is 39.0 Å². The highest BCUT2D eigenvalue weighted by Gasteiger charge is 2.22. The van der Waals surface area contributed by atoms with Crippen LogP contribution in [0.15, 0.2) is 66.9 Å². The second kappa shape index (κ2) is 6.09. The number of rotatable bonds is 3. The van der Waals surface area contributed by atoms with Gasteiger partial charge in [0.2, 0.25) is 0 Å². The summed E-state index contributed by atoms with van der Waals surface area (Å²) >= 11 is 0. The van der Waals surface area contributed by atoms with E-state index in [1.807, 2.05) is 41.0 Å². The Bertz CT molecular complexity index is 1180. The molecule has 2 aromatic carbocycles. The van der Waals surface area contributed by atoms with Crippen molar-refractivity contribution in [3.05, 3.63) is 94.7 Å². The minimum atomic E-state index is -0.231. The van der Waals surface area contributed by atoms with Gasteiger partial charge in [-0.2, -0.15) is 5.10 Å². The normalized spacial score (nSPS) is 13.0. The van der Waals surface area contributed by atoms with Crippen LogP contribution in [0.2, 0.25) is 0 Å². The van der Waals surface area contributed by atoms with Crippen molar-refractivity contribution in [2.45, 2.75) is 20.0 Å². The van der Waals surface area contributed by atoms with Gasteiger partial charge in [-0.3, -0.25) is 0 Å². The predicted octanol–water partition coefficient (Wildman–Crippen LogP) is 4.57. The third-order valence-electron chi connectivity index (χ3n) is 5.06. The van der Waals surface area contributed by atoms with E-state index in [0.29, 0.717) is 18.6 Å². The summed E-state index contributed by atoms with van der Waals surface area (Å²) in [5.74, 6) is -0.231. The van der Waals surface area contributed by atoms with E-state index in [2.05, 4.69) is 37.3 Å². The van der Waals surface area contributed by atoms with E-state index >= 15 is 0 Å². The van der Waals surface area contributed by atoms with Gasteiger partial charge in [0.15, 0.2) is 0 Å². The number of carbonyl (C=O) groups excluding carboxylic acids is 1. The van der Waals surface area contributed by atoms with Crippen LogP contribution in [0.4, 0.5) is 0 Å². The second-order valence-electron chi connectivity index (χ2n) is 6.97. The standard InChI is InChI=1S/C23H18N2O2/c1-15-7-10-21-20(12-16-8-9-18-14-27-23(26)19(18)11-16)22(24-25(21)13-15)17-5-3-2-4-6-17/h2-11,13H,12,14H2,1H3. The molecular formula is C23H18N2O2. The molecule has 0 fully saturated rings. The molecule has 4 heteroatoms. The molecule has 0 amide bonds. The number of aryl methyl sites for hydroxylation is 1. The van der Waals surface area contributed by atoms with Crippen LogP contribution >= 0.6 is 0 Å². The van der Waals surface area contributed by atoms with Gasteiger partial charge >= 0.3 is 5.97 Å². The molecule has 4 nitrogen and oxygen atoms in total. The molecule has 4 aromatic rings. The lowest BCUT2D eigenvalue weighted by molar-refractivity contribution is 0.0535. The van der Waals surface area contributed by atoms with Crippen LogP contribution in [0.1, 0.15) is 32.6 Å². The molecule has 1 aliphatic rings. The second-order valence-corrected chi connectivity index (χ2v) is 6.97. The summed E-state index contributed by atoms with van der Waals surface area (Å²) in [4.78, 5) is 11.9. The minimum Gasteiger partial charge on any atom is -0.457 e. The summed E-state index contributed by atoms with van der Waals surface area (Å²) < 4.78 is 7.09. The zero-order valence-electron chi connectivity index (χ0n) is 15.0. The molecule has 27 heavy (non-hydrogen) atoms. The summed E-state index contributed by atoms with van der Waals surface area (Å²) in [6, 6.07) is 20.5. The summed E-state index contributed by atoms with van der Waals surface area (Å²) in [6.07, 6.45) is 2.75. The molecule has 3 heterocycles. The Morgan fingerprint density at radius 1 is 1.07 bits per heavy atom. The van der Waals surface area contributed by atoms with Crippen LogP contribution in [0.3, 0.4) is 0 Å². The number of aromatic nitrogens is 2. The molecule has 0 atom stereocenters. The summed E-state index contributed by atoms with van der Waals surface area (Å²) in [5.41, 5.74) is 8.20. The number of hydrogen-bond donors (Lipinski definition) is 0. The maximum atomic E-state index is 11.9. The Balaban J connectivity index is 1.66. The number of carbonyl (C=O) groups is 1. The van der Waals surface area contributed by atoms with Crippen molar-refractivity contribution in [2.75, 3.05) is 0 Å². The van der Waals surface area contributed by atoms with Crippen LogP contribution in [-0.4, -0.2) is 15.6 Å². The molecule has 0 unspecified atom stereocenters. The Hall–Kier alpha value is -3.40. The summed E-state index contributed by atoms with van der Waals surface area (Å²) in [6.45, 7) is 2.44. The molecule has 0 spiro atoms. The van der Waals surface area contributed by atoms with Crippen LogP contribution in [-0.2, 0) is 17.8 Å². The first-order chi connectivity index (χ1) is 13.2. The smallest absolute Gasteiger partial charge is 0.338 e. The molecule has 0 N–H and O–H groups in total. The number of ether oxygens (including phenoxy) is 1. The van der Waals surface area contributed by atoms with Crippen molar-refractivity contribution >= 4 is 11.5 Å². The topological polar surface area (TPSA) is 43.6 Å². The zero-order valence-corrected chi connectivity index (χ0v) is 15.0. The first kappa shape index (κ1) is 15.8. The fourth-order valence-corrected chi connectivity index (χ4v) is 3.68. The lowest BCUT2D eigenvalue weighted by atomic mass is 9.97. The van der Waals surface area contributed by atoms with Crippen molar-refractivity contribution in [3.63, 3.8) is 0 Å². The molecule has 5 rings (SSSR count). The maximum Gasteiger partial charge on any atom is 0.338 e. The van der Waals surface area contributed by atoms with Crippen molar-refractivity contribution in [1.29, 1.82) is 0 Å². The van der Waals surface area contributed by atoms with Crippen LogP contribution < -0.4 is 0 Å². The van der Waals surface area contributed by atoms with Crippen LogP contribution in [0.25, 0.3) is 16.8 Å². The fraction of sp³-hybridized carbons (Fsp3) is 0.130.